The zero-order valence-corrected chi connectivity index (χ0v) is 9.20. The Morgan fingerprint density at radius 2 is 2.00 bits per heavy atom. The van der Waals surface area contributed by atoms with Crippen LogP contribution in [0.5, 0.6) is 0 Å². The molecule has 0 fully saturated rings. The van der Waals surface area contributed by atoms with E-state index in [9.17, 15) is 4.57 Å². The van der Waals surface area contributed by atoms with Crippen molar-refractivity contribution in [3.05, 3.63) is 35.9 Å². The molecule has 0 aliphatic rings. The molecule has 1 aromatic rings. The minimum absolute atomic E-state index is 0.651. The summed E-state index contributed by atoms with van der Waals surface area (Å²) in [5.41, 5.74) is 0.239. The van der Waals surface area contributed by atoms with E-state index in [2.05, 4.69) is 0 Å². The molecule has 2 unspecified atom stereocenters. The Morgan fingerprint density at radius 1 is 1.43 bits per heavy atom. The second-order valence-electron chi connectivity index (χ2n) is 3.28. The Hall–Kier alpha value is -0.760. The van der Waals surface area contributed by atoms with Gasteiger partial charge in [0.05, 0.1) is 0 Å². The maximum atomic E-state index is 10.7. The first-order valence-electron chi connectivity index (χ1n) is 4.49. The van der Waals surface area contributed by atoms with E-state index in [0.717, 1.165) is 5.56 Å². The number of hydrogen-bond donors (Lipinski definition) is 1. The van der Waals surface area contributed by atoms with Gasteiger partial charge in [-0.15, -0.1) is 9.42 Å². The second-order valence-corrected chi connectivity index (χ2v) is 3.94. The molecule has 1 N–H and O–H groups in total. The molecule has 76 valence electrons. The van der Waals surface area contributed by atoms with Crippen LogP contribution in [-0.2, 0) is 14.7 Å². The van der Waals surface area contributed by atoms with E-state index in [1.54, 1.807) is 0 Å². The van der Waals surface area contributed by atoms with Crippen LogP contribution in [-0.4, -0.2) is 4.89 Å². The molecule has 1 rings (SSSR count). The first-order valence-corrected chi connectivity index (χ1v) is 5.62. The molecule has 2 atom stereocenters. The summed E-state index contributed by atoms with van der Waals surface area (Å²) in [6.45, 7) is 3.73. The van der Waals surface area contributed by atoms with Crippen LogP contribution < -0.4 is 0 Å². The zero-order valence-electron chi connectivity index (χ0n) is 8.30. The molecule has 0 bridgehead atoms. The predicted octanol–water partition coefficient (Wildman–Crippen LogP) is 2.98. The van der Waals surface area contributed by atoms with Gasteiger partial charge in [0.25, 0.3) is 0 Å². The van der Waals surface area contributed by atoms with Gasteiger partial charge in [-0.2, -0.15) is 0 Å². The highest BCUT2D eigenvalue weighted by Gasteiger charge is 2.35. The molecule has 0 aromatic heterocycles. The van der Waals surface area contributed by atoms with E-state index in [0.29, 0.717) is 6.42 Å². The van der Waals surface area contributed by atoms with Crippen molar-refractivity contribution in [2.75, 3.05) is 0 Å². The molecule has 0 heterocycles. The van der Waals surface area contributed by atoms with Gasteiger partial charge >= 0.3 is 8.25 Å². The van der Waals surface area contributed by atoms with E-state index in [1.165, 1.54) is 0 Å². The van der Waals surface area contributed by atoms with Crippen LogP contribution in [0.25, 0.3) is 0 Å². The maximum Gasteiger partial charge on any atom is 0.695 e. The standard InChI is InChI=1S/C10H13O3P/c1-3-10(2,13-14(11)12)9-7-5-4-6-8-9/h4-8H,3H2,1-2H3/p+1. The SMILES string of the molecule is CCC(C)(O[P+](=O)O)c1ccccc1. The molecule has 4 heteroatoms. The summed E-state index contributed by atoms with van der Waals surface area (Å²) < 4.78 is 15.7. The topological polar surface area (TPSA) is 46.5 Å². The molecule has 14 heavy (non-hydrogen) atoms. The van der Waals surface area contributed by atoms with Crippen molar-refractivity contribution >= 4 is 8.25 Å². The number of benzene rings is 1. The normalized spacial score (nSPS) is 16.1. The fourth-order valence-corrected chi connectivity index (χ4v) is 1.86. The second kappa shape index (κ2) is 4.65. The highest BCUT2D eigenvalue weighted by molar-refractivity contribution is 7.32. The van der Waals surface area contributed by atoms with Gasteiger partial charge in [-0.1, -0.05) is 37.3 Å². The fourth-order valence-electron chi connectivity index (χ4n) is 1.28. The minimum atomic E-state index is -2.57. The van der Waals surface area contributed by atoms with Crippen molar-refractivity contribution in [2.45, 2.75) is 25.9 Å². The Balaban J connectivity index is 2.95. The van der Waals surface area contributed by atoms with Gasteiger partial charge in [0.15, 0.2) is 0 Å². The van der Waals surface area contributed by atoms with Gasteiger partial charge in [0.1, 0.15) is 5.60 Å². The summed E-state index contributed by atoms with van der Waals surface area (Å²) in [5, 5.41) is 0. The highest BCUT2D eigenvalue weighted by atomic mass is 31.1. The third-order valence-electron chi connectivity index (χ3n) is 2.34. The van der Waals surface area contributed by atoms with Crippen LogP contribution >= 0.6 is 8.25 Å². The lowest BCUT2D eigenvalue weighted by atomic mass is 9.94. The van der Waals surface area contributed by atoms with Crippen molar-refractivity contribution < 1.29 is 14.0 Å². The van der Waals surface area contributed by atoms with Crippen LogP contribution in [0.15, 0.2) is 30.3 Å². The van der Waals surface area contributed by atoms with Crippen LogP contribution in [0.3, 0.4) is 0 Å². The summed E-state index contributed by atoms with van der Waals surface area (Å²) in [6, 6.07) is 9.46. The van der Waals surface area contributed by atoms with Crippen LogP contribution in [0.4, 0.5) is 0 Å². The Bertz CT molecular complexity index is 312. The molecular weight excluding hydrogens is 199 g/mol. The quantitative estimate of drug-likeness (QED) is 0.782. The zero-order chi connectivity index (χ0) is 10.6. The maximum absolute atomic E-state index is 10.7. The average molecular weight is 213 g/mol. The lowest BCUT2D eigenvalue weighted by Gasteiger charge is -2.20. The van der Waals surface area contributed by atoms with E-state index < -0.39 is 13.9 Å². The van der Waals surface area contributed by atoms with Crippen molar-refractivity contribution in [3.8, 4) is 0 Å². The lowest BCUT2D eigenvalue weighted by molar-refractivity contribution is 0.0778. The van der Waals surface area contributed by atoms with E-state index in [4.69, 9.17) is 9.42 Å². The summed E-state index contributed by atoms with van der Waals surface area (Å²) in [6.07, 6.45) is 0.651. The van der Waals surface area contributed by atoms with Gasteiger partial charge in [-0.05, 0) is 18.9 Å². The molecule has 0 aliphatic heterocycles. The first kappa shape index (κ1) is 11.3. The smallest absolute Gasteiger partial charge is 0.133 e. The van der Waals surface area contributed by atoms with Crippen molar-refractivity contribution in [1.29, 1.82) is 0 Å². The summed E-state index contributed by atoms with van der Waals surface area (Å²) in [7, 11) is -2.57. The van der Waals surface area contributed by atoms with Crippen molar-refractivity contribution in [2.24, 2.45) is 0 Å². The molecule has 0 saturated heterocycles. The predicted molar refractivity (Wildman–Crippen MR) is 55.0 cm³/mol. The van der Waals surface area contributed by atoms with Gasteiger partial charge in [-0.25, -0.2) is 0 Å². The Labute approximate surface area is 84.7 Å². The first-order chi connectivity index (χ1) is 6.58. The number of rotatable bonds is 4. The van der Waals surface area contributed by atoms with E-state index >= 15 is 0 Å². The lowest BCUT2D eigenvalue weighted by Crippen LogP contribution is -2.21. The summed E-state index contributed by atoms with van der Waals surface area (Å²) >= 11 is 0. The Kier molecular flexibility index (Phi) is 3.76. The molecule has 0 radical (unpaired) electrons. The van der Waals surface area contributed by atoms with E-state index in [1.807, 2.05) is 44.2 Å². The molecule has 0 amide bonds. The van der Waals surface area contributed by atoms with Crippen LogP contribution in [0.2, 0.25) is 0 Å². The fraction of sp³-hybridized carbons (Fsp3) is 0.400. The summed E-state index contributed by atoms with van der Waals surface area (Å²) in [4.78, 5) is 8.77. The summed E-state index contributed by atoms with van der Waals surface area (Å²) in [5.74, 6) is 0. The van der Waals surface area contributed by atoms with Gasteiger partial charge in [0, 0.05) is 4.57 Å². The van der Waals surface area contributed by atoms with Crippen molar-refractivity contribution in [1.82, 2.24) is 0 Å². The van der Waals surface area contributed by atoms with Gasteiger partial charge < -0.3 is 0 Å². The molecule has 0 aliphatic carbocycles. The third kappa shape index (κ3) is 2.61. The molecular formula is C10H14O3P+. The van der Waals surface area contributed by atoms with Crippen LogP contribution in [0.1, 0.15) is 25.8 Å². The molecule has 1 aromatic carbocycles. The van der Waals surface area contributed by atoms with Crippen LogP contribution in [0, 0.1) is 0 Å². The van der Waals surface area contributed by atoms with Gasteiger partial charge in [-0.3, -0.25) is 0 Å². The third-order valence-corrected chi connectivity index (χ3v) is 2.90. The van der Waals surface area contributed by atoms with E-state index in [-0.39, 0.29) is 0 Å². The average Bonchev–Trinajstić information content (AvgIpc) is 2.18. The molecule has 0 saturated carbocycles. The van der Waals surface area contributed by atoms with Crippen molar-refractivity contribution in [3.63, 3.8) is 0 Å². The monoisotopic (exact) mass is 213 g/mol. The highest BCUT2D eigenvalue weighted by Crippen LogP contribution is 2.36. The largest absolute Gasteiger partial charge is 0.695 e. The number of hydrogen-bond acceptors (Lipinski definition) is 2. The molecule has 0 spiro atoms. The molecule has 3 nitrogen and oxygen atoms in total. The minimum Gasteiger partial charge on any atom is -0.133 e. The van der Waals surface area contributed by atoms with Gasteiger partial charge in [0.2, 0.25) is 0 Å². The Morgan fingerprint density at radius 3 is 2.43 bits per heavy atom.